The second-order valence-corrected chi connectivity index (χ2v) is 6.33. The molecule has 0 aromatic carbocycles. The average molecular weight is 353 g/mol. The minimum atomic E-state index is -0.0928. The topological polar surface area (TPSA) is 98.2 Å². The highest BCUT2D eigenvalue weighted by Crippen LogP contribution is 2.25. The number of rotatable bonds is 5. The highest BCUT2D eigenvalue weighted by molar-refractivity contribution is 5.92. The molecule has 4 heterocycles. The van der Waals surface area contributed by atoms with E-state index in [0.717, 1.165) is 25.8 Å². The zero-order valence-electron chi connectivity index (χ0n) is 14.5. The molecule has 3 aromatic rings. The van der Waals surface area contributed by atoms with Crippen LogP contribution in [0.3, 0.4) is 0 Å². The van der Waals surface area contributed by atoms with Crippen molar-refractivity contribution in [3.63, 3.8) is 0 Å². The molecule has 0 spiro atoms. The smallest absolute Gasteiger partial charge is 0.291 e. The fourth-order valence-electron chi connectivity index (χ4n) is 3.29. The van der Waals surface area contributed by atoms with Crippen molar-refractivity contribution in [3.8, 4) is 11.6 Å². The third-order valence-electron chi connectivity index (χ3n) is 4.63. The Morgan fingerprint density at radius 1 is 1.35 bits per heavy atom. The molecule has 8 nitrogen and oxygen atoms in total. The number of aromatic nitrogens is 4. The van der Waals surface area contributed by atoms with Crippen molar-refractivity contribution in [1.29, 1.82) is 0 Å². The van der Waals surface area contributed by atoms with Gasteiger partial charge in [0.15, 0.2) is 12.2 Å². The normalized spacial score (nSPS) is 17.0. The summed E-state index contributed by atoms with van der Waals surface area (Å²) in [6, 6.07) is 5.68. The van der Waals surface area contributed by atoms with Gasteiger partial charge in [0, 0.05) is 25.2 Å². The van der Waals surface area contributed by atoms with Gasteiger partial charge in [-0.15, -0.1) is 0 Å². The molecule has 0 saturated carbocycles. The molecule has 1 aliphatic rings. The highest BCUT2D eigenvalue weighted by atomic mass is 16.5. The van der Waals surface area contributed by atoms with E-state index in [4.69, 9.17) is 8.94 Å². The summed E-state index contributed by atoms with van der Waals surface area (Å²) in [6.45, 7) is 2.51. The van der Waals surface area contributed by atoms with E-state index >= 15 is 0 Å². The quantitative estimate of drug-likeness (QED) is 0.695. The van der Waals surface area contributed by atoms with Gasteiger partial charge < -0.3 is 13.8 Å². The van der Waals surface area contributed by atoms with Crippen LogP contribution >= 0.6 is 0 Å². The van der Waals surface area contributed by atoms with Crippen LogP contribution in [0.1, 0.15) is 41.3 Å². The number of hydrogen-bond acceptors (Lipinski definition) is 7. The van der Waals surface area contributed by atoms with Crippen LogP contribution in [-0.2, 0) is 6.42 Å². The lowest BCUT2D eigenvalue weighted by molar-refractivity contribution is 0.0697. The minimum absolute atomic E-state index is 0.0928. The molecule has 1 aliphatic heterocycles. The van der Waals surface area contributed by atoms with Crippen molar-refractivity contribution in [2.45, 2.75) is 38.6 Å². The van der Waals surface area contributed by atoms with Crippen LogP contribution in [0, 0.1) is 6.92 Å². The molecule has 134 valence electrons. The molecule has 1 fully saturated rings. The van der Waals surface area contributed by atoms with Crippen LogP contribution in [0.2, 0.25) is 0 Å². The average Bonchev–Trinajstić information content (AvgIpc) is 3.41. The molecule has 3 aromatic heterocycles. The van der Waals surface area contributed by atoms with Crippen LogP contribution < -0.4 is 0 Å². The third-order valence-corrected chi connectivity index (χ3v) is 4.63. The molecule has 0 aliphatic carbocycles. The Bertz CT molecular complexity index is 889. The number of nitrogens with zero attached hydrogens (tertiary/aromatic N) is 5. The number of oxazole rings is 1. The number of aryl methyl sites for hydroxylation is 2. The van der Waals surface area contributed by atoms with Gasteiger partial charge in [0.05, 0.1) is 5.69 Å². The summed E-state index contributed by atoms with van der Waals surface area (Å²) >= 11 is 0. The van der Waals surface area contributed by atoms with Gasteiger partial charge in [-0.05, 0) is 38.3 Å². The van der Waals surface area contributed by atoms with Crippen molar-refractivity contribution in [2.75, 3.05) is 6.54 Å². The van der Waals surface area contributed by atoms with Crippen molar-refractivity contribution >= 4 is 5.91 Å². The number of amides is 1. The van der Waals surface area contributed by atoms with Gasteiger partial charge in [0.1, 0.15) is 5.69 Å². The lowest BCUT2D eigenvalue weighted by atomic mass is 10.1. The lowest BCUT2D eigenvalue weighted by Gasteiger charge is -2.23. The highest BCUT2D eigenvalue weighted by Gasteiger charge is 2.32. The van der Waals surface area contributed by atoms with E-state index in [0.29, 0.717) is 35.3 Å². The zero-order valence-corrected chi connectivity index (χ0v) is 14.5. The summed E-state index contributed by atoms with van der Waals surface area (Å²) in [7, 11) is 0. The maximum atomic E-state index is 12.7. The van der Waals surface area contributed by atoms with Crippen molar-refractivity contribution in [3.05, 3.63) is 48.1 Å². The molecule has 1 atom stereocenters. The Balaban J connectivity index is 1.40. The molecule has 8 heteroatoms. The summed E-state index contributed by atoms with van der Waals surface area (Å²) in [4.78, 5) is 27.2. The molecule has 0 N–H and O–H groups in total. The van der Waals surface area contributed by atoms with E-state index in [1.165, 1.54) is 6.39 Å². The number of likely N-dealkylation sites (tertiary alicyclic amines) is 1. The van der Waals surface area contributed by atoms with Crippen LogP contribution in [-0.4, -0.2) is 43.5 Å². The molecule has 0 radical (unpaired) electrons. The van der Waals surface area contributed by atoms with E-state index < -0.39 is 0 Å². The van der Waals surface area contributed by atoms with Gasteiger partial charge in [-0.3, -0.25) is 9.78 Å². The summed E-state index contributed by atoms with van der Waals surface area (Å²) < 4.78 is 10.5. The van der Waals surface area contributed by atoms with Crippen LogP contribution in [0.4, 0.5) is 0 Å². The van der Waals surface area contributed by atoms with Gasteiger partial charge in [-0.2, -0.15) is 4.98 Å². The summed E-state index contributed by atoms with van der Waals surface area (Å²) in [5.41, 5.74) is 1.28. The fraction of sp³-hybridized carbons (Fsp3) is 0.389. The molecule has 26 heavy (non-hydrogen) atoms. The van der Waals surface area contributed by atoms with Crippen molar-refractivity contribution in [1.82, 2.24) is 25.0 Å². The van der Waals surface area contributed by atoms with E-state index in [9.17, 15) is 4.79 Å². The number of hydrogen-bond donors (Lipinski definition) is 0. The predicted molar refractivity (Wildman–Crippen MR) is 91.1 cm³/mol. The van der Waals surface area contributed by atoms with Crippen LogP contribution in [0.25, 0.3) is 11.6 Å². The van der Waals surface area contributed by atoms with Gasteiger partial charge in [-0.1, -0.05) is 11.2 Å². The number of pyridine rings is 1. The van der Waals surface area contributed by atoms with Crippen molar-refractivity contribution < 1.29 is 13.7 Å². The molecule has 1 saturated heterocycles. The van der Waals surface area contributed by atoms with Gasteiger partial charge >= 0.3 is 0 Å². The largest absolute Gasteiger partial charge is 0.438 e. The van der Waals surface area contributed by atoms with E-state index in [-0.39, 0.29) is 11.9 Å². The van der Waals surface area contributed by atoms with E-state index in [2.05, 4.69) is 20.1 Å². The third kappa shape index (κ3) is 3.22. The first-order valence-electron chi connectivity index (χ1n) is 8.67. The maximum absolute atomic E-state index is 12.7. The van der Waals surface area contributed by atoms with E-state index in [1.807, 2.05) is 23.1 Å². The number of carbonyl (C=O) groups excluding carboxylic acids is 1. The first kappa shape index (κ1) is 16.4. The van der Waals surface area contributed by atoms with Gasteiger partial charge in [-0.25, -0.2) is 4.98 Å². The second-order valence-electron chi connectivity index (χ2n) is 6.33. The summed E-state index contributed by atoms with van der Waals surface area (Å²) in [5, 5.41) is 4.03. The number of carbonyl (C=O) groups is 1. The van der Waals surface area contributed by atoms with Crippen molar-refractivity contribution in [2.24, 2.45) is 0 Å². The Hall–Kier alpha value is -3.03. The Labute approximate surface area is 150 Å². The fourth-order valence-corrected chi connectivity index (χ4v) is 3.29. The Morgan fingerprint density at radius 3 is 3.04 bits per heavy atom. The first-order valence-corrected chi connectivity index (χ1v) is 8.67. The SMILES string of the molecule is Cc1ncoc1C(=O)N1CCCC1CCc1noc(-c2ccccn2)n1. The Morgan fingerprint density at radius 2 is 2.27 bits per heavy atom. The maximum Gasteiger partial charge on any atom is 0.291 e. The van der Waals surface area contributed by atoms with Crippen LogP contribution in [0.5, 0.6) is 0 Å². The molecule has 1 unspecified atom stereocenters. The standard InChI is InChI=1S/C18H19N5O3/c1-12-16(25-11-20-12)18(24)23-10-4-5-13(23)7-8-15-21-17(26-22-15)14-6-2-3-9-19-14/h2-3,6,9,11,13H,4-5,7-8,10H2,1H3. The van der Waals surface area contributed by atoms with Gasteiger partial charge in [0.25, 0.3) is 11.8 Å². The first-order chi connectivity index (χ1) is 12.7. The summed E-state index contributed by atoms with van der Waals surface area (Å²) in [5.74, 6) is 1.27. The molecular weight excluding hydrogens is 334 g/mol. The molecule has 4 rings (SSSR count). The second kappa shape index (κ2) is 7.07. The lowest BCUT2D eigenvalue weighted by Crippen LogP contribution is -2.36. The molecule has 1 amide bonds. The monoisotopic (exact) mass is 353 g/mol. The zero-order chi connectivity index (χ0) is 17.9. The molecule has 0 bridgehead atoms. The van der Waals surface area contributed by atoms with Crippen LogP contribution in [0.15, 0.2) is 39.7 Å². The summed E-state index contributed by atoms with van der Waals surface area (Å²) in [6.07, 6.45) is 6.36. The minimum Gasteiger partial charge on any atom is -0.438 e. The van der Waals surface area contributed by atoms with E-state index in [1.54, 1.807) is 13.1 Å². The Kier molecular flexibility index (Phi) is 4.47. The predicted octanol–water partition coefficient (Wildman–Crippen LogP) is 2.67. The van der Waals surface area contributed by atoms with Gasteiger partial charge in [0.2, 0.25) is 5.76 Å². The molecular formula is C18H19N5O3.